The minimum absolute atomic E-state index is 0.0192. The largest absolute Gasteiger partial charge is 0.357 e. The Labute approximate surface area is 224 Å². The lowest BCUT2D eigenvalue weighted by Gasteiger charge is -2.32. The second kappa shape index (κ2) is 13.2. The third-order valence-electron chi connectivity index (χ3n) is 6.39. The Kier molecular flexibility index (Phi) is 10.0. The molecule has 3 aromatic carbocycles. The van der Waals surface area contributed by atoms with Gasteiger partial charge in [-0.05, 0) is 42.2 Å². The molecule has 0 saturated carbocycles. The number of nitrogens with zero attached hydrogens (tertiary/aromatic N) is 2. The molecular formula is C29H34FN3O4S. The summed E-state index contributed by atoms with van der Waals surface area (Å²) in [7, 11) is -2.25. The molecule has 0 saturated heterocycles. The first-order chi connectivity index (χ1) is 18.1. The molecule has 0 spiro atoms. The van der Waals surface area contributed by atoms with E-state index in [1.54, 1.807) is 11.0 Å². The summed E-state index contributed by atoms with van der Waals surface area (Å²) in [5.74, 6) is -1.24. The summed E-state index contributed by atoms with van der Waals surface area (Å²) in [6, 6.07) is 22.0. The SMILES string of the molecule is CNC(=O)C(Cc1ccccc1)N(Cc1ccccc1C)C(=O)CCCN(c1ccccc1F)S(C)(=O)=O. The van der Waals surface area contributed by atoms with Crippen LogP contribution < -0.4 is 9.62 Å². The number of amides is 2. The van der Waals surface area contributed by atoms with Crippen molar-refractivity contribution < 1.29 is 22.4 Å². The number of aryl methyl sites for hydroxylation is 1. The Hall–Kier alpha value is -3.72. The molecule has 38 heavy (non-hydrogen) atoms. The lowest BCUT2D eigenvalue weighted by Crippen LogP contribution is -2.50. The Balaban J connectivity index is 1.86. The van der Waals surface area contributed by atoms with Crippen LogP contribution >= 0.6 is 0 Å². The van der Waals surface area contributed by atoms with Crippen molar-refractivity contribution in [2.24, 2.45) is 0 Å². The van der Waals surface area contributed by atoms with Gasteiger partial charge in [0.25, 0.3) is 0 Å². The predicted octanol–water partition coefficient (Wildman–Crippen LogP) is 4.07. The maximum atomic E-state index is 14.4. The topological polar surface area (TPSA) is 86.8 Å². The Bertz CT molecular complexity index is 1350. The van der Waals surface area contributed by atoms with Gasteiger partial charge in [-0.15, -0.1) is 0 Å². The van der Waals surface area contributed by atoms with Crippen LogP contribution in [0.4, 0.5) is 10.1 Å². The summed E-state index contributed by atoms with van der Waals surface area (Å²) in [4.78, 5) is 28.2. The predicted molar refractivity (Wildman–Crippen MR) is 148 cm³/mol. The van der Waals surface area contributed by atoms with Gasteiger partial charge in [-0.3, -0.25) is 13.9 Å². The Morgan fingerprint density at radius 2 is 1.58 bits per heavy atom. The third kappa shape index (κ3) is 7.64. The monoisotopic (exact) mass is 539 g/mol. The summed E-state index contributed by atoms with van der Waals surface area (Å²) in [5, 5.41) is 2.68. The summed E-state index contributed by atoms with van der Waals surface area (Å²) in [5.41, 5.74) is 2.74. The summed E-state index contributed by atoms with van der Waals surface area (Å²) in [6.07, 6.45) is 1.46. The van der Waals surface area contributed by atoms with Crippen LogP contribution in [0.15, 0.2) is 78.9 Å². The number of rotatable bonds is 12. The van der Waals surface area contributed by atoms with Crippen LogP contribution in [0.2, 0.25) is 0 Å². The zero-order valence-electron chi connectivity index (χ0n) is 21.9. The highest BCUT2D eigenvalue weighted by Gasteiger charge is 2.30. The van der Waals surface area contributed by atoms with Crippen LogP contribution in [0, 0.1) is 12.7 Å². The number of carbonyl (C=O) groups is 2. The number of nitrogens with one attached hydrogen (secondary N) is 1. The van der Waals surface area contributed by atoms with Gasteiger partial charge in [0.1, 0.15) is 11.9 Å². The van der Waals surface area contributed by atoms with Gasteiger partial charge in [0.2, 0.25) is 21.8 Å². The molecular weight excluding hydrogens is 505 g/mol. The van der Waals surface area contributed by atoms with Gasteiger partial charge < -0.3 is 10.2 Å². The van der Waals surface area contributed by atoms with E-state index in [9.17, 15) is 22.4 Å². The molecule has 3 aromatic rings. The van der Waals surface area contributed by atoms with Crippen molar-refractivity contribution in [2.75, 3.05) is 24.2 Å². The van der Waals surface area contributed by atoms with Gasteiger partial charge in [-0.25, -0.2) is 12.8 Å². The van der Waals surface area contributed by atoms with E-state index >= 15 is 0 Å². The standard InChI is InChI=1S/C29H34FN3O4S/c1-22-12-7-8-15-24(22)21-32(27(29(35)31-2)20-23-13-5-4-6-14-23)28(34)18-11-19-33(38(3,36)37)26-17-10-9-16-25(26)30/h4-10,12-17,27H,11,18-21H2,1-3H3,(H,31,35). The molecule has 0 aliphatic carbocycles. The van der Waals surface area contributed by atoms with Gasteiger partial charge in [0.15, 0.2) is 0 Å². The second-order valence-corrected chi connectivity index (χ2v) is 11.1. The van der Waals surface area contributed by atoms with Crippen molar-refractivity contribution in [2.45, 2.75) is 38.8 Å². The highest BCUT2D eigenvalue weighted by molar-refractivity contribution is 7.92. The third-order valence-corrected chi connectivity index (χ3v) is 7.57. The number of carbonyl (C=O) groups excluding carboxylic acids is 2. The number of para-hydroxylation sites is 1. The minimum Gasteiger partial charge on any atom is -0.357 e. The number of benzene rings is 3. The zero-order valence-corrected chi connectivity index (χ0v) is 22.7. The summed E-state index contributed by atoms with van der Waals surface area (Å²) >= 11 is 0. The van der Waals surface area contributed by atoms with E-state index < -0.39 is 21.9 Å². The van der Waals surface area contributed by atoms with Crippen molar-refractivity contribution in [3.63, 3.8) is 0 Å². The van der Waals surface area contributed by atoms with E-state index in [1.807, 2.05) is 61.5 Å². The number of hydrogen-bond acceptors (Lipinski definition) is 4. The van der Waals surface area contributed by atoms with Crippen LogP contribution in [0.3, 0.4) is 0 Å². The van der Waals surface area contributed by atoms with Crippen molar-refractivity contribution in [3.05, 3.63) is 101 Å². The van der Waals surface area contributed by atoms with Crippen molar-refractivity contribution >= 4 is 27.5 Å². The first-order valence-corrected chi connectivity index (χ1v) is 14.3. The first-order valence-electron chi connectivity index (χ1n) is 12.4. The Morgan fingerprint density at radius 3 is 2.21 bits per heavy atom. The average Bonchev–Trinajstić information content (AvgIpc) is 2.89. The highest BCUT2D eigenvalue weighted by Crippen LogP contribution is 2.23. The molecule has 1 unspecified atom stereocenters. The number of sulfonamides is 1. The fourth-order valence-electron chi connectivity index (χ4n) is 4.33. The molecule has 202 valence electrons. The van der Waals surface area contributed by atoms with Crippen LogP contribution in [0.1, 0.15) is 29.5 Å². The van der Waals surface area contributed by atoms with Crippen molar-refractivity contribution in [1.82, 2.24) is 10.2 Å². The molecule has 0 aromatic heterocycles. The van der Waals surface area contributed by atoms with Crippen LogP contribution in [-0.2, 0) is 32.6 Å². The quantitative estimate of drug-likeness (QED) is 0.376. The molecule has 0 radical (unpaired) electrons. The molecule has 1 atom stereocenters. The zero-order chi connectivity index (χ0) is 27.7. The fourth-order valence-corrected chi connectivity index (χ4v) is 5.29. The van der Waals surface area contributed by atoms with Gasteiger partial charge in [-0.1, -0.05) is 66.7 Å². The van der Waals surface area contributed by atoms with Crippen LogP contribution in [0.25, 0.3) is 0 Å². The lowest BCUT2D eigenvalue weighted by atomic mass is 10.0. The summed E-state index contributed by atoms with van der Waals surface area (Å²) in [6.45, 7) is 2.09. The van der Waals surface area contributed by atoms with Crippen LogP contribution in [0.5, 0.6) is 0 Å². The maximum absolute atomic E-state index is 14.4. The normalized spacial score (nSPS) is 12.0. The molecule has 7 nitrogen and oxygen atoms in total. The van der Waals surface area contributed by atoms with Crippen LogP contribution in [-0.4, -0.2) is 51.0 Å². The second-order valence-electron chi connectivity index (χ2n) is 9.16. The smallest absolute Gasteiger partial charge is 0.242 e. The molecule has 0 aliphatic heterocycles. The molecule has 9 heteroatoms. The van der Waals surface area contributed by atoms with E-state index in [2.05, 4.69) is 5.32 Å². The maximum Gasteiger partial charge on any atom is 0.242 e. The molecule has 0 fully saturated rings. The van der Waals surface area contributed by atoms with Crippen molar-refractivity contribution in [3.8, 4) is 0 Å². The molecule has 0 heterocycles. The number of hydrogen-bond donors (Lipinski definition) is 1. The number of anilines is 1. The van der Waals surface area contributed by atoms with E-state index in [-0.39, 0.29) is 43.4 Å². The minimum atomic E-state index is -3.78. The number of likely N-dealkylation sites (N-methyl/N-ethyl adjacent to an activating group) is 1. The molecule has 0 bridgehead atoms. The van der Waals surface area contributed by atoms with E-state index in [0.717, 1.165) is 27.3 Å². The van der Waals surface area contributed by atoms with Gasteiger partial charge >= 0.3 is 0 Å². The Morgan fingerprint density at radius 1 is 0.947 bits per heavy atom. The first kappa shape index (κ1) is 28.8. The van der Waals surface area contributed by atoms with E-state index in [4.69, 9.17) is 0 Å². The molecule has 1 N–H and O–H groups in total. The summed E-state index contributed by atoms with van der Waals surface area (Å²) < 4.78 is 40.2. The highest BCUT2D eigenvalue weighted by atomic mass is 32.2. The van der Waals surface area contributed by atoms with Gasteiger partial charge in [0.05, 0.1) is 11.9 Å². The van der Waals surface area contributed by atoms with Crippen molar-refractivity contribution in [1.29, 1.82) is 0 Å². The van der Waals surface area contributed by atoms with Gasteiger partial charge in [-0.2, -0.15) is 0 Å². The molecule has 0 aliphatic rings. The lowest BCUT2D eigenvalue weighted by molar-refractivity contribution is -0.141. The molecule has 2 amide bonds. The van der Waals surface area contributed by atoms with E-state index in [0.29, 0.717) is 6.42 Å². The van der Waals surface area contributed by atoms with Gasteiger partial charge in [0, 0.05) is 33.0 Å². The average molecular weight is 540 g/mol. The number of halogens is 1. The fraction of sp³-hybridized carbons (Fsp3) is 0.310. The molecule has 3 rings (SSSR count). The van der Waals surface area contributed by atoms with E-state index in [1.165, 1.54) is 25.2 Å².